The van der Waals surface area contributed by atoms with Crippen LogP contribution in [0.15, 0.2) is 12.1 Å². The Labute approximate surface area is 103 Å². The van der Waals surface area contributed by atoms with Gasteiger partial charge >= 0.3 is 0 Å². The average Bonchev–Trinajstić information content (AvgIpc) is 2.62. The zero-order valence-electron chi connectivity index (χ0n) is 9.59. The topological polar surface area (TPSA) is 20.7 Å². The Bertz CT molecular complexity index is 586. The zero-order valence-corrected chi connectivity index (χ0v) is 10.4. The fourth-order valence-electron chi connectivity index (χ4n) is 1.92. The molecule has 0 radical (unpaired) electrons. The lowest BCUT2D eigenvalue weighted by molar-refractivity contribution is 0.508. The molecule has 0 saturated heterocycles. The Kier molecular flexibility index (Phi) is 3.57. The molecule has 0 fully saturated rings. The molecule has 0 unspecified atom stereocenters. The summed E-state index contributed by atoms with van der Waals surface area (Å²) >= 11 is 5.12. The quantitative estimate of drug-likeness (QED) is 0.643. The van der Waals surface area contributed by atoms with E-state index in [0.717, 1.165) is 25.3 Å². The molecular formula is C12H14F2N2S. The number of aryl methyl sites for hydroxylation is 1. The molecule has 0 spiro atoms. The number of aromatic amines is 1. The minimum absolute atomic E-state index is 0.242. The first-order valence-electron chi connectivity index (χ1n) is 5.71. The van der Waals surface area contributed by atoms with Crippen LogP contribution in [0.4, 0.5) is 8.78 Å². The van der Waals surface area contributed by atoms with E-state index >= 15 is 0 Å². The number of hydrogen-bond acceptors (Lipinski definition) is 1. The van der Waals surface area contributed by atoms with Crippen molar-refractivity contribution in [3.8, 4) is 0 Å². The molecule has 0 aliphatic rings. The average molecular weight is 256 g/mol. The lowest BCUT2D eigenvalue weighted by atomic mass is 10.2. The van der Waals surface area contributed by atoms with Gasteiger partial charge in [-0.3, -0.25) is 0 Å². The number of H-pyrrole nitrogens is 1. The summed E-state index contributed by atoms with van der Waals surface area (Å²) in [6, 6.07) is 2.62. The van der Waals surface area contributed by atoms with E-state index in [1.807, 2.05) is 0 Å². The van der Waals surface area contributed by atoms with Gasteiger partial charge in [0.25, 0.3) is 0 Å². The standard InChI is InChI=1S/C12H14F2N2S/c1-2-3-4-7-16-11-9(15-12(16)17)6-5-8(13)10(11)14/h5-6H,2-4,7H2,1H3,(H,15,17). The molecular weight excluding hydrogens is 242 g/mol. The first-order valence-corrected chi connectivity index (χ1v) is 6.12. The van der Waals surface area contributed by atoms with Gasteiger partial charge in [0, 0.05) is 6.54 Å². The van der Waals surface area contributed by atoms with Gasteiger partial charge in [0.1, 0.15) is 5.52 Å². The molecule has 0 aliphatic carbocycles. The summed E-state index contributed by atoms with van der Waals surface area (Å²) in [5.41, 5.74) is 0.788. The van der Waals surface area contributed by atoms with Gasteiger partial charge in [-0.05, 0) is 30.8 Å². The van der Waals surface area contributed by atoms with E-state index in [1.165, 1.54) is 6.07 Å². The van der Waals surface area contributed by atoms with Gasteiger partial charge in [0.05, 0.1) is 5.52 Å². The van der Waals surface area contributed by atoms with Crippen LogP contribution in [-0.2, 0) is 6.54 Å². The summed E-state index contributed by atoms with van der Waals surface area (Å²) in [4.78, 5) is 2.89. The normalized spacial score (nSPS) is 11.2. The maximum absolute atomic E-state index is 13.7. The van der Waals surface area contributed by atoms with Crippen molar-refractivity contribution in [2.24, 2.45) is 0 Å². The van der Waals surface area contributed by atoms with E-state index in [-0.39, 0.29) is 5.52 Å². The van der Waals surface area contributed by atoms with Crippen LogP contribution in [0.2, 0.25) is 0 Å². The van der Waals surface area contributed by atoms with Gasteiger partial charge in [0.15, 0.2) is 16.4 Å². The molecule has 2 aromatic rings. The van der Waals surface area contributed by atoms with Crippen LogP contribution in [0.1, 0.15) is 26.2 Å². The fourth-order valence-corrected chi connectivity index (χ4v) is 2.21. The lowest BCUT2D eigenvalue weighted by Crippen LogP contribution is -2.00. The summed E-state index contributed by atoms with van der Waals surface area (Å²) in [5.74, 6) is -1.66. The van der Waals surface area contributed by atoms with Crippen LogP contribution in [0.5, 0.6) is 0 Å². The Hall–Kier alpha value is -1.23. The highest BCUT2D eigenvalue weighted by Crippen LogP contribution is 2.21. The summed E-state index contributed by atoms with van der Waals surface area (Å²) in [6.45, 7) is 2.71. The van der Waals surface area contributed by atoms with E-state index < -0.39 is 11.6 Å². The van der Waals surface area contributed by atoms with E-state index in [4.69, 9.17) is 12.2 Å². The number of imidazole rings is 1. The molecule has 2 nitrogen and oxygen atoms in total. The maximum Gasteiger partial charge on any atom is 0.184 e. The number of unbranched alkanes of at least 4 members (excludes halogenated alkanes) is 2. The highest BCUT2D eigenvalue weighted by molar-refractivity contribution is 7.71. The third-order valence-corrected chi connectivity index (χ3v) is 3.13. The number of fused-ring (bicyclic) bond motifs is 1. The van der Waals surface area contributed by atoms with Crippen molar-refractivity contribution < 1.29 is 8.78 Å². The van der Waals surface area contributed by atoms with Gasteiger partial charge in [-0.2, -0.15) is 0 Å². The number of benzene rings is 1. The minimum atomic E-state index is -0.837. The van der Waals surface area contributed by atoms with Crippen molar-refractivity contribution in [2.75, 3.05) is 0 Å². The fraction of sp³-hybridized carbons (Fsp3) is 0.417. The summed E-state index contributed by atoms with van der Waals surface area (Å²) in [7, 11) is 0. The first kappa shape index (κ1) is 12.2. The van der Waals surface area contributed by atoms with Crippen molar-refractivity contribution in [1.82, 2.24) is 9.55 Å². The van der Waals surface area contributed by atoms with Crippen molar-refractivity contribution in [2.45, 2.75) is 32.7 Å². The van der Waals surface area contributed by atoms with Gasteiger partial charge in [-0.1, -0.05) is 19.8 Å². The minimum Gasteiger partial charge on any atom is -0.330 e. The molecule has 1 N–H and O–H groups in total. The monoisotopic (exact) mass is 256 g/mol. The van der Waals surface area contributed by atoms with E-state index in [1.54, 1.807) is 4.57 Å². The van der Waals surface area contributed by atoms with Crippen LogP contribution in [-0.4, -0.2) is 9.55 Å². The third kappa shape index (κ3) is 2.24. The van der Waals surface area contributed by atoms with E-state index in [0.29, 0.717) is 16.8 Å². The first-order chi connectivity index (χ1) is 8.15. The van der Waals surface area contributed by atoms with Crippen molar-refractivity contribution >= 4 is 23.3 Å². The molecule has 17 heavy (non-hydrogen) atoms. The number of rotatable bonds is 4. The van der Waals surface area contributed by atoms with Crippen molar-refractivity contribution in [3.63, 3.8) is 0 Å². The second kappa shape index (κ2) is 4.96. The van der Waals surface area contributed by atoms with E-state index in [9.17, 15) is 8.78 Å². The van der Waals surface area contributed by atoms with Crippen LogP contribution >= 0.6 is 12.2 Å². The summed E-state index contributed by atoms with van der Waals surface area (Å²) in [5, 5.41) is 0. The number of nitrogens with zero attached hydrogens (tertiary/aromatic N) is 1. The number of hydrogen-bond donors (Lipinski definition) is 1. The molecule has 0 aliphatic heterocycles. The molecule has 0 atom stereocenters. The molecule has 1 aromatic carbocycles. The zero-order chi connectivity index (χ0) is 12.4. The smallest absolute Gasteiger partial charge is 0.184 e. The van der Waals surface area contributed by atoms with Crippen molar-refractivity contribution in [1.29, 1.82) is 0 Å². The van der Waals surface area contributed by atoms with E-state index in [2.05, 4.69) is 11.9 Å². The lowest BCUT2D eigenvalue weighted by Gasteiger charge is -2.04. The SMILES string of the molecule is CCCCCn1c(=S)[nH]c2ccc(F)c(F)c21. The molecule has 1 heterocycles. The highest BCUT2D eigenvalue weighted by Gasteiger charge is 2.13. The largest absolute Gasteiger partial charge is 0.330 e. The van der Waals surface area contributed by atoms with Crippen LogP contribution in [0.3, 0.4) is 0 Å². The number of nitrogens with one attached hydrogen (secondary N) is 1. The van der Waals surface area contributed by atoms with Gasteiger partial charge in [0.2, 0.25) is 0 Å². The summed E-state index contributed by atoms with van der Waals surface area (Å²) in [6.07, 6.45) is 3.03. The van der Waals surface area contributed by atoms with Gasteiger partial charge in [-0.15, -0.1) is 0 Å². The maximum atomic E-state index is 13.7. The van der Waals surface area contributed by atoms with Crippen molar-refractivity contribution in [3.05, 3.63) is 28.5 Å². The Morgan fingerprint density at radius 3 is 2.76 bits per heavy atom. The Morgan fingerprint density at radius 2 is 2.06 bits per heavy atom. The predicted molar refractivity (Wildman–Crippen MR) is 66.6 cm³/mol. The second-order valence-corrected chi connectivity index (χ2v) is 4.43. The molecule has 0 amide bonds. The molecule has 1 aromatic heterocycles. The molecule has 0 bridgehead atoms. The highest BCUT2D eigenvalue weighted by atomic mass is 32.1. The Morgan fingerprint density at radius 1 is 1.29 bits per heavy atom. The third-order valence-electron chi connectivity index (χ3n) is 2.81. The van der Waals surface area contributed by atoms with Crippen LogP contribution < -0.4 is 0 Å². The Balaban J connectivity index is 2.49. The number of halogens is 2. The van der Waals surface area contributed by atoms with Crippen LogP contribution in [0, 0.1) is 16.4 Å². The predicted octanol–water partition coefficient (Wildman–Crippen LogP) is 4.17. The summed E-state index contributed by atoms with van der Waals surface area (Å²) < 4.78 is 29.0. The number of aromatic nitrogens is 2. The molecule has 2 rings (SSSR count). The second-order valence-electron chi connectivity index (χ2n) is 4.05. The van der Waals surface area contributed by atoms with Gasteiger partial charge in [-0.25, -0.2) is 8.78 Å². The molecule has 92 valence electrons. The molecule has 0 saturated carbocycles. The molecule has 5 heteroatoms. The van der Waals surface area contributed by atoms with Crippen LogP contribution in [0.25, 0.3) is 11.0 Å². The van der Waals surface area contributed by atoms with Gasteiger partial charge < -0.3 is 9.55 Å².